The molecule has 1 heterocycles. The average Bonchev–Trinajstić information content (AvgIpc) is 3.07. The van der Waals surface area contributed by atoms with Gasteiger partial charge in [0.25, 0.3) is 0 Å². The molecule has 0 saturated heterocycles. The topological polar surface area (TPSA) is 98.1 Å². The zero-order valence-electron chi connectivity index (χ0n) is 16.1. The van der Waals surface area contributed by atoms with E-state index in [1.54, 1.807) is 11.7 Å². The minimum Gasteiger partial charge on any atom is -0.496 e. The number of benzene rings is 1. The van der Waals surface area contributed by atoms with E-state index < -0.39 is 6.03 Å². The Hall–Kier alpha value is -2.55. The molecule has 0 bridgehead atoms. The molecule has 1 aliphatic carbocycles. The van der Waals surface area contributed by atoms with Crippen molar-refractivity contribution in [2.45, 2.75) is 43.3 Å². The van der Waals surface area contributed by atoms with E-state index in [-0.39, 0.29) is 17.7 Å². The molecule has 9 heteroatoms. The molecule has 2 N–H and O–H groups in total. The zero-order chi connectivity index (χ0) is 19.9. The van der Waals surface area contributed by atoms with Crippen molar-refractivity contribution in [2.75, 3.05) is 12.9 Å². The number of amides is 3. The SMILES string of the molecule is COc1ccccc1-c1nnc(SCC(=O)NC(=O)NC2CCCCC2)n1C. The van der Waals surface area contributed by atoms with Crippen LogP contribution in [0.5, 0.6) is 5.75 Å². The Morgan fingerprint density at radius 3 is 2.71 bits per heavy atom. The Morgan fingerprint density at radius 1 is 1.21 bits per heavy atom. The quantitative estimate of drug-likeness (QED) is 0.720. The van der Waals surface area contributed by atoms with E-state index in [0.717, 1.165) is 31.2 Å². The molecule has 28 heavy (non-hydrogen) atoms. The van der Waals surface area contributed by atoms with Crippen LogP contribution in [0, 0.1) is 0 Å². The number of urea groups is 1. The van der Waals surface area contributed by atoms with Crippen molar-refractivity contribution in [1.29, 1.82) is 0 Å². The molecule has 0 aliphatic heterocycles. The van der Waals surface area contributed by atoms with Crippen LogP contribution in [0.1, 0.15) is 32.1 Å². The summed E-state index contributed by atoms with van der Waals surface area (Å²) < 4.78 is 7.18. The van der Waals surface area contributed by atoms with E-state index in [9.17, 15) is 9.59 Å². The van der Waals surface area contributed by atoms with Crippen LogP contribution >= 0.6 is 11.8 Å². The lowest BCUT2D eigenvalue weighted by molar-refractivity contribution is -0.117. The predicted octanol–water partition coefficient (Wildman–Crippen LogP) is 2.74. The first kappa shape index (κ1) is 20.2. The second-order valence-corrected chi connectivity index (χ2v) is 7.65. The van der Waals surface area contributed by atoms with E-state index >= 15 is 0 Å². The maximum absolute atomic E-state index is 12.1. The number of hydrogen-bond donors (Lipinski definition) is 2. The monoisotopic (exact) mass is 403 g/mol. The van der Waals surface area contributed by atoms with Gasteiger partial charge in [0, 0.05) is 13.1 Å². The van der Waals surface area contributed by atoms with Gasteiger partial charge in [-0.3, -0.25) is 10.1 Å². The van der Waals surface area contributed by atoms with Crippen LogP contribution in [0.3, 0.4) is 0 Å². The Balaban J connectivity index is 1.54. The third-order valence-corrected chi connectivity index (χ3v) is 5.73. The molecule has 3 rings (SSSR count). The summed E-state index contributed by atoms with van der Waals surface area (Å²) in [5.74, 6) is 1.07. The molecule has 0 spiro atoms. The second kappa shape index (κ2) is 9.59. The van der Waals surface area contributed by atoms with E-state index in [4.69, 9.17) is 4.74 Å². The first-order chi connectivity index (χ1) is 13.6. The molecule has 150 valence electrons. The predicted molar refractivity (Wildman–Crippen MR) is 107 cm³/mol. The highest BCUT2D eigenvalue weighted by atomic mass is 32.2. The van der Waals surface area contributed by atoms with Gasteiger partial charge in [-0.05, 0) is 25.0 Å². The maximum atomic E-state index is 12.1. The molecule has 2 aromatic rings. The number of rotatable bonds is 6. The number of ether oxygens (including phenoxy) is 1. The standard InChI is InChI=1S/C19H25N5O3S/c1-24-17(14-10-6-7-11-15(14)27-2)22-23-19(24)28-12-16(25)21-18(26)20-13-8-4-3-5-9-13/h6-7,10-11,13H,3-5,8-9,12H2,1-2H3,(H2,20,21,25,26). The van der Waals surface area contributed by atoms with Crippen molar-refractivity contribution < 1.29 is 14.3 Å². The number of methoxy groups -OCH3 is 1. The average molecular weight is 404 g/mol. The number of aromatic nitrogens is 3. The minimum absolute atomic E-state index is 0.0793. The normalized spacial score (nSPS) is 14.5. The van der Waals surface area contributed by atoms with Gasteiger partial charge in [-0.1, -0.05) is 43.2 Å². The van der Waals surface area contributed by atoms with Gasteiger partial charge in [0.15, 0.2) is 11.0 Å². The molecule has 0 atom stereocenters. The van der Waals surface area contributed by atoms with Gasteiger partial charge >= 0.3 is 6.03 Å². The van der Waals surface area contributed by atoms with Crippen molar-refractivity contribution >= 4 is 23.7 Å². The summed E-state index contributed by atoms with van der Waals surface area (Å²) in [6.07, 6.45) is 5.40. The fraction of sp³-hybridized carbons (Fsp3) is 0.474. The van der Waals surface area contributed by atoms with Gasteiger partial charge in [0.2, 0.25) is 5.91 Å². The van der Waals surface area contributed by atoms with Crippen molar-refractivity contribution in [1.82, 2.24) is 25.4 Å². The van der Waals surface area contributed by atoms with Gasteiger partial charge in [-0.15, -0.1) is 10.2 Å². The smallest absolute Gasteiger partial charge is 0.321 e. The molecule has 1 aliphatic rings. The number of nitrogens with zero attached hydrogens (tertiary/aromatic N) is 3. The van der Waals surface area contributed by atoms with Crippen LogP contribution in [-0.2, 0) is 11.8 Å². The number of carbonyl (C=O) groups is 2. The summed E-state index contributed by atoms with van der Waals surface area (Å²) in [7, 11) is 3.44. The highest BCUT2D eigenvalue weighted by Crippen LogP contribution is 2.29. The molecule has 0 unspecified atom stereocenters. The van der Waals surface area contributed by atoms with Crippen molar-refractivity contribution in [3.8, 4) is 17.1 Å². The Bertz CT molecular complexity index is 833. The van der Waals surface area contributed by atoms with Gasteiger partial charge in [0.05, 0.1) is 18.4 Å². The number of nitrogens with one attached hydrogen (secondary N) is 2. The van der Waals surface area contributed by atoms with E-state index in [1.807, 2.05) is 31.3 Å². The van der Waals surface area contributed by atoms with Crippen LogP contribution < -0.4 is 15.4 Å². The van der Waals surface area contributed by atoms with Gasteiger partial charge in [-0.25, -0.2) is 4.79 Å². The third-order valence-electron chi connectivity index (χ3n) is 4.71. The summed E-state index contributed by atoms with van der Waals surface area (Å²) in [5, 5.41) is 14.2. The van der Waals surface area contributed by atoms with Gasteiger partial charge in [0.1, 0.15) is 5.75 Å². The highest BCUT2D eigenvalue weighted by Gasteiger charge is 2.18. The summed E-state index contributed by atoms with van der Waals surface area (Å²) in [4.78, 5) is 24.0. The molecule has 8 nitrogen and oxygen atoms in total. The summed E-state index contributed by atoms with van der Waals surface area (Å²) >= 11 is 1.23. The maximum Gasteiger partial charge on any atom is 0.321 e. The van der Waals surface area contributed by atoms with Crippen molar-refractivity contribution in [2.24, 2.45) is 7.05 Å². The van der Waals surface area contributed by atoms with E-state index in [0.29, 0.717) is 16.7 Å². The number of carbonyl (C=O) groups excluding carboxylic acids is 2. The highest BCUT2D eigenvalue weighted by molar-refractivity contribution is 7.99. The first-order valence-electron chi connectivity index (χ1n) is 9.34. The largest absolute Gasteiger partial charge is 0.496 e. The van der Waals surface area contributed by atoms with Crippen molar-refractivity contribution in [3.05, 3.63) is 24.3 Å². The van der Waals surface area contributed by atoms with Gasteiger partial charge < -0.3 is 14.6 Å². The number of para-hydroxylation sites is 1. The lowest BCUT2D eigenvalue weighted by atomic mass is 9.96. The summed E-state index contributed by atoms with van der Waals surface area (Å²) in [5.41, 5.74) is 0.822. The van der Waals surface area contributed by atoms with Crippen LogP contribution in [0.2, 0.25) is 0 Å². The van der Waals surface area contributed by atoms with Crippen LogP contribution in [0.15, 0.2) is 29.4 Å². The molecule has 1 saturated carbocycles. The van der Waals surface area contributed by atoms with Crippen LogP contribution in [0.25, 0.3) is 11.4 Å². The van der Waals surface area contributed by atoms with E-state index in [2.05, 4.69) is 20.8 Å². The summed E-state index contributed by atoms with van der Waals surface area (Å²) in [6, 6.07) is 7.28. The Labute approximate surface area is 168 Å². The molecule has 3 amide bonds. The van der Waals surface area contributed by atoms with Crippen LogP contribution in [0.4, 0.5) is 4.79 Å². The fourth-order valence-corrected chi connectivity index (χ4v) is 3.98. The Morgan fingerprint density at radius 2 is 1.96 bits per heavy atom. The molecule has 0 radical (unpaired) electrons. The minimum atomic E-state index is -0.426. The number of thioether (sulfide) groups is 1. The summed E-state index contributed by atoms with van der Waals surface area (Å²) in [6.45, 7) is 0. The molecule has 1 aromatic heterocycles. The lowest BCUT2D eigenvalue weighted by Gasteiger charge is -2.22. The van der Waals surface area contributed by atoms with Crippen LogP contribution in [-0.4, -0.2) is 45.6 Å². The zero-order valence-corrected chi connectivity index (χ0v) is 16.9. The number of imide groups is 1. The third kappa shape index (κ3) is 5.03. The second-order valence-electron chi connectivity index (χ2n) is 6.71. The number of hydrogen-bond acceptors (Lipinski definition) is 6. The first-order valence-corrected chi connectivity index (χ1v) is 10.3. The molecular formula is C19H25N5O3S. The lowest BCUT2D eigenvalue weighted by Crippen LogP contribution is -2.45. The van der Waals surface area contributed by atoms with Gasteiger partial charge in [-0.2, -0.15) is 0 Å². The molecule has 1 aromatic carbocycles. The van der Waals surface area contributed by atoms with E-state index in [1.165, 1.54) is 18.2 Å². The Kier molecular flexibility index (Phi) is 6.91. The van der Waals surface area contributed by atoms with Crippen molar-refractivity contribution in [3.63, 3.8) is 0 Å². The molecule has 1 fully saturated rings. The fourth-order valence-electron chi connectivity index (χ4n) is 3.27. The molecular weight excluding hydrogens is 378 g/mol.